The Morgan fingerprint density at radius 1 is 1.57 bits per heavy atom. The molecule has 0 radical (unpaired) electrons. The Hall–Kier alpha value is -1.32. The van der Waals surface area contributed by atoms with Crippen LogP contribution >= 0.6 is 0 Å². The summed E-state index contributed by atoms with van der Waals surface area (Å²) in [6, 6.07) is 3.31. The van der Waals surface area contributed by atoms with Gasteiger partial charge >= 0.3 is 85.5 Å². The predicted molar refractivity (Wildman–Crippen MR) is 52.2 cm³/mol. The molecule has 0 saturated carbocycles. The summed E-state index contributed by atoms with van der Waals surface area (Å²) < 4.78 is 6.07. The van der Waals surface area contributed by atoms with Crippen molar-refractivity contribution in [3.8, 4) is 5.75 Å². The zero-order valence-corrected chi connectivity index (χ0v) is 9.06. The Balaban J connectivity index is 2.72. The first-order valence-electron chi connectivity index (χ1n) is 3.87. The van der Waals surface area contributed by atoms with Crippen LogP contribution in [0.25, 0.3) is 9.78 Å². The first-order chi connectivity index (χ1) is 6.72. The van der Waals surface area contributed by atoms with Gasteiger partial charge in [-0.25, -0.2) is 0 Å². The first kappa shape index (κ1) is 9.24. The van der Waals surface area contributed by atoms with E-state index in [1.807, 2.05) is 5.07 Å². The molecule has 14 heavy (non-hydrogen) atoms. The van der Waals surface area contributed by atoms with Gasteiger partial charge < -0.3 is 0 Å². The quantitative estimate of drug-likeness (QED) is 0.814. The molecule has 0 unspecified atom stereocenters. The second-order valence-electron chi connectivity index (χ2n) is 2.68. The minimum absolute atomic E-state index is 0.168. The molecule has 0 saturated heterocycles. The number of hydrogen-bond acceptors (Lipinski definition) is 3. The fourth-order valence-corrected chi connectivity index (χ4v) is 2.66. The summed E-state index contributed by atoms with van der Waals surface area (Å²) in [5, 5.41) is 10.7. The van der Waals surface area contributed by atoms with Crippen LogP contribution < -0.4 is 4.74 Å². The van der Waals surface area contributed by atoms with Crippen LogP contribution in [-0.4, -0.2) is 37.7 Å². The Labute approximate surface area is 85.9 Å². The van der Waals surface area contributed by atoms with E-state index in [2.05, 4.69) is 4.98 Å². The molecule has 2 rings (SSSR count). The van der Waals surface area contributed by atoms with Crippen molar-refractivity contribution in [3.05, 3.63) is 22.8 Å². The van der Waals surface area contributed by atoms with Crippen LogP contribution in [0.1, 0.15) is 10.4 Å². The summed E-state index contributed by atoms with van der Waals surface area (Å²) in [6.07, 6.45) is 0. The van der Waals surface area contributed by atoms with E-state index in [9.17, 15) is 4.79 Å². The van der Waals surface area contributed by atoms with Gasteiger partial charge in [-0.2, -0.15) is 0 Å². The number of benzene rings is 1. The number of carboxylic acids is 1. The molecule has 0 spiro atoms. The average Bonchev–Trinajstić information content (AvgIpc) is 2.62. The summed E-state index contributed by atoms with van der Waals surface area (Å²) in [7, 11) is 1.47. The molecule has 1 N–H and O–H groups in total. The number of hydrogen-bond donors (Lipinski definition) is 1. The third-order valence-corrected chi connectivity index (χ3v) is 3.54. The van der Waals surface area contributed by atoms with E-state index in [0.29, 0.717) is 5.75 Å². The number of ether oxygens (including phenoxy) is 1. The second-order valence-corrected chi connectivity index (χ2v) is 4.54. The van der Waals surface area contributed by atoms with E-state index < -0.39 is 5.97 Å². The van der Waals surface area contributed by atoms with Crippen LogP contribution in [0.2, 0.25) is 0 Å². The molecule has 0 aliphatic heterocycles. The van der Waals surface area contributed by atoms with Crippen LogP contribution in [0.4, 0.5) is 0 Å². The van der Waals surface area contributed by atoms with Crippen molar-refractivity contribution in [2.75, 3.05) is 7.11 Å². The topological polar surface area (TPSA) is 59.4 Å². The van der Waals surface area contributed by atoms with Gasteiger partial charge in [-0.1, -0.05) is 0 Å². The van der Waals surface area contributed by atoms with E-state index in [1.165, 1.54) is 7.11 Å². The number of nitrogens with zero attached hydrogens (tertiary/aromatic N) is 1. The van der Waals surface area contributed by atoms with Gasteiger partial charge in [0.25, 0.3) is 0 Å². The molecule has 0 aliphatic carbocycles. The molecule has 0 bridgehead atoms. The minimum atomic E-state index is -0.987. The SMILES string of the molecule is COc1cc2[se]cnc2cc1C(=O)O. The fourth-order valence-electron chi connectivity index (χ4n) is 1.22. The monoisotopic (exact) mass is 257 g/mol. The van der Waals surface area contributed by atoms with Gasteiger partial charge in [-0.15, -0.1) is 0 Å². The van der Waals surface area contributed by atoms with Crippen LogP contribution in [-0.2, 0) is 0 Å². The number of carboxylic acid groups (broad SMARTS) is 1. The average molecular weight is 256 g/mol. The van der Waals surface area contributed by atoms with Gasteiger partial charge in [0, 0.05) is 0 Å². The van der Waals surface area contributed by atoms with E-state index >= 15 is 0 Å². The molecular formula is C9H7NO3Se. The normalized spacial score (nSPS) is 10.4. The zero-order chi connectivity index (χ0) is 10.1. The second kappa shape index (κ2) is 3.44. The van der Waals surface area contributed by atoms with Crippen LogP contribution in [0.15, 0.2) is 17.2 Å². The summed E-state index contributed by atoms with van der Waals surface area (Å²) in [5.41, 5.74) is 0.921. The summed E-state index contributed by atoms with van der Waals surface area (Å²) in [5.74, 6) is -0.581. The van der Waals surface area contributed by atoms with Crippen molar-refractivity contribution in [1.29, 1.82) is 0 Å². The van der Waals surface area contributed by atoms with Crippen molar-refractivity contribution in [2.24, 2.45) is 0 Å². The number of methoxy groups -OCH3 is 1. The van der Waals surface area contributed by atoms with Crippen molar-refractivity contribution < 1.29 is 14.6 Å². The van der Waals surface area contributed by atoms with E-state index in [1.54, 1.807) is 12.1 Å². The molecule has 0 amide bonds. The number of carbonyl (C=O) groups is 1. The molecule has 72 valence electrons. The van der Waals surface area contributed by atoms with Crippen molar-refractivity contribution >= 4 is 30.2 Å². The van der Waals surface area contributed by atoms with Crippen molar-refractivity contribution in [3.63, 3.8) is 0 Å². The summed E-state index contributed by atoms with van der Waals surface area (Å²) in [6.45, 7) is 0. The van der Waals surface area contributed by atoms with Crippen LogP contribution in [0.3, 0.4) is 0 Å². The van der Waals surface area contributed by atoms with Crippen molar-refractivity contribution in [1.82, 2.24) is 4.98 Å². The van der Waals surface area contributed by atoms with Gasteiger partial charge in [0.05, 0.1) is 0 Å². The third-order valence-electron chi connectivity index (χ3n) is 1.88. The van der Waals surface area contributed by atoms with Gasteiger partial charge in [-0.05, 0) is 0 Å². The zero-order valence-electron chi connectivity index (χ0n) is 7.35. The molecule has 4 nitrogen and oxygen atoms in total. The third kappa shape index (κ3) is 1.41. The summed E-state index contributed by atoms with van der Waals surface area (Å²) in [4.78, 5) is 15.0. The number of rotatable bonds is 2. The van der Waals surface area contributed by atoms with E-state index in [4.69, 9.17) is 9.84 Å². The molecule has 5 heteroatoms. The Morgan fingerprint density at radius 2 is 2.36 bits per heavy atom. The maximum atomic E-state index is 10.9. The molecule has 0 atom stereocenters. The van der Waals surface area contributed by atoms with Gasteiger partial charge in [0.2, 0.25) is 0 Å². The van der Waals surface area contributed by atoms with Gasteiger partial charge in [0.1, 0.15) is 0 Å². The molecule has 2 aromatic rings. The molecule has 1 heterocycles. The van der Waals surface area contributed by atoms with Crippen LogP contribution in [0, 0.1) is 0 Å². The van der Waals surface area contributed by atoms with Crippen LogP contribution in [0.5, 0.6) is 5.75 Å². The predicted octanol–water partition coefficient (Wildman–Crippen LogP) is 0.999. The number of aromatic carboxylic acids is 1. The van der Waals surface area contributed by atoms with E-state index in [-0.39, 0.29) is 20.1 Å². The molecule has 0 fully saturated rings. The van der Waals surface area contributed by atoms with Gasteiger partial charge in [0.15, 0.2) is 0 Å². The Kier molecular flexibility index (Phi) is 2.27. The molecular weight excluding hydrogens is 249 g/mol. The molecule has 1 aromatic heterocycles. The van der Waals surface area contributed by atoms with Gasteiger partial charge in [-0.3, -0.25) is 0 Å². The number of aromatic nitrogens is 1. The molecule has 1 aromatic carbocycles. The van der Waals surface area contributed by atoms with Crippen molar-refractivity contribution in [2.45, 2.75) is 0 Å². The molecule has 0 aliphatic rings. The van der Waals surface area contributed by atoms with E-state index in [0.717, 1.165) is 9.78 Å². The summed E-state index contributed by atoms with van der Waals surface area (Å²) >= 11 is 0.208. The fraction of sp³-hybridized carbons (Fsp3) is 0.111. The Morgan fingerprint density at radius 3 is 3.00 bits per heavy atom. The Bertz CT molecular complexity index is 492. The maximum absolute atomic E-state index is 10.9. The standard InChI is InChI=1S/C9H7NO3Se/c1-13-7-3-8-6(10-4-14-8)2-5(7)9(11)12/h2-4H,1H3,(H,11,12). The first-order valence-corrected chi connectivity index (χ1v) is 5.71. The number of fused-ring (bicyclic) bond motifs is 1.